The predicted molar refractivity (Wildman–Crippen MR) is 112 cm³/mol. The quantitative estimate of drug-likeness (QED) is 0.445. The van der Waals surface area contributed by atoms with Crippen LogP contribution in [0.4, 0.5) is 11.7 Å². The smallest absolute Gasteiger partial charge is 0.312 e. The molecule has 0 radical (unpaired) electrons. The summed E-state index contributed by atoms with van der Waals surface area (Å²) in [5, 5.41) is 11.2. The van der Waals surface area contributed by atoms with E-state index in [1.165, 1.54) is 16.2 Å². The molecular weight excluding hydrogens is 428 g/mol. The van der Waals surface area contributed by atoms with Gasteiger partial charge in [-0.05, 0) is 23.8 Å². The van der Waals surface area contributed by atoms with E-state index >= 15 is 0 Å². The van der Waals surface area contributed by atoms with E-state index in [-0.39, 0.29) is 30.3 Å². The molecule has 4 heterocycles. The lowest BCUT2D eigenvalue weighted by Gasteiger charge is -2.33. The van der Waals surface area contributed by atoms with E-state index in [0.29, 0.717) is 16.5 Å². The van der Waals surface area contributed by atoms with Gasteiger partial charge in [0.2, 0.25) is 11.8 Å². The van der Waals surface area contributed by atoms with Gasteiger partial charge in [-0.1, -0.05) is 34.9 Å². The van der Waals surface area contributed by atoms with Crippen molar-refractivity contribution in [3.63, 3.8) is 0 Å². The van der Waals surface area contributed by atoms with Gasteiger partial charge in [0.05, 0.1) is 4.34 Å². The number of carbonyl (C=O) groups is 2. The van der Waals surface area contributed by atoms with Crippen LogP contribution in [0, 0.1) is 0 Å². The van der Waals surface area contributed by atoms with E-state index in [9.17, 15) is 9.59 Å². The van der Waals surface area contributed by atoms with Gasteiger partial charge in [-0.25, -0.2) is 0 Å². The number of nitrogen functional groups attached to an aromatic ring is 1. The molecule has 1 aromatic carbocycles. The Balaban J connectivity index is 1.41. The zero-order valence-corrected chi connectivity index (χ0v) is 17.0. The molecule has 11 heteroatoms. The molecule has 4 aromatic rings. The number of para-hydroxylation sites is 1. The van der Waals surface area contributed by atoms with Crippen molar-refractivity contribution in [3.8, 4) is 0 Å². The standard InChI is InChI=1S/C19H15ClN6O3S/c20-14-7-10-6-11(23-17(10)30-14)16(27)22-12-5-9-3-1-2-4-13(9)26(18(12)28)8-15-24-25-19(21)29-15/h1-4,6-7,12,23H,5,8H2,(H2,21,25)(H,22,27). The number of H-pyrrole nitrogens is 1. The van der Waals surface area contributed by atoms with E-state index in [2.05, 4.69) is 20.5 Å². The highest BCUT2D eigenvalue weighted by atomic mass is 35.5. The molecule has 152 valence electrons. The largest absolute Gasteiger partial charge is 0.406 e. The van der Waals surface area contributed by atoms with Crippen LogP contribution in [0.5, 0.6) is 0 Å². The highest BCUT2D eigenvalue weighted by Crippen LogP contribution is 2.31. The van der Waals surface area contributed by atoms with Crippen LogP contribution in [0.1, 0.15) is 21.9 Å². The van der Waals surface area contributed by atoms with Crippen LogP contribution in [-0.2, 0) is 17.8 Å². The molecule has 1 atom stereocenters. The molecule has 0 bridgehead atoms. The van der Waals surface area contributed by atoms with Gasteiger partial charge in [0.25, 0.3) is 5.91 Å². The number of amides is 2. The van der Waals surface area contributed by atoms with E-state index in [1.807, 2.05) is 24.3 Å². The third-order valence-electron chi connectivity index (χ3n) is 4.88. The van der Waals surface area contributed by atoms with E-state index in [4.69, 9.17) is 21.8 Å². The molecule has 30 heavy (non-hydrogen) atoms. The summed E-state index contributed by atoms with van der Waals surface area (Å²) in [5.74, 6) is -0.423. The number of nitrogens with one attached hydrogen (secondary N) is 2. The molecule has 1 aliphatic rings. The summed E-state index contributed by atoms with van der Waals surface area (Å²) in [4.78, 5) is 31.4. The van der Waals surface area contributed by atoms with E-state index < -0.39 is 6.04 Å². The molecule has 4 N–H and O–H groups in total. The molecular formula is C19H15ClN6O3S. The summed E-state index contributed by atoms with van der Waals surface area (Å²) >= 11 is 7.34. The second-order valence-electron chi connectivity index (χ2n) is 6.84. The molecule has 2 amide bonds. The Hall–Kier alpha value is -3.37. The number of carbonyl (C=O) groups excluding carboxylic acids is 2. The average Bonchev–Trinajstić information content (AvgIpc) is 3.39. The third-order valence-corrected chi connectivity index (χ3v) is 6.07. The summed E-state index contributed by atoms with van der Waals surface area (Å²) in [6, 6.07) is 10.2. The number of nitrogens with two attached hydrogens (primary N) is 1. The maximum absolute atomic E-state index is 13.2. The van der Waals surface area contributed by atoms with Crippen LogP contribution >= 0.6 is 22.9 Å². The van der Waals surface area contributed by atoms with Crippen LogP contribution in [0.15, 0.2) is 40.8 Å². The number of aromatic nitrogens is 3. The van der Waals surface area contributed by atoms with Crippen LogP contribution in [-0.4, -0.2) is 33.0 Å². The van der Waals surface area contributed by atoms with Crippen molar-refractivity contribution in [1.82, 2.24) is 20.5 Å². The third kappa shape index (κ3) is 3.29. The number of hydrogen-bond acceptors (Lipinski definition) is 7. The van der Waals surface area contributed by atoms with E-state index in [1.54, 1.807) is 12.1 Å². The number of aromatic amines is 1. The van der Waals surface area contributed by atoms with Crippen molar-refractivity contribution in [3.05, 3.63) is 57.9 Å². The molecule has 1 aliphatic heterocycles. The zero-order valence-electron chi connectivity index (χ0n) is 15.4. The molecule has 5 rings (SSSR count). The number of rotatable bonds is 4. The zero-order chi connectivity index (χ0) is 20.8. The minimum absolute atomic E-state index is 0.0587. The van der Waals surface area contributed by atoms with Crippen molar-refractivity contribution in [2.75, 3.05) is 10.6 Å². The Labute approximate surface area is 178 Å². The number of halogens is 1. The molecule has 0 saturated heterocycles. The number of benzene rings is 1. The van der Waals surface area contributed by atoms with Crippen LogP contribution in [0.25, 0.3) is 10.2 Å². The first kappa shape index (κ1) is 18.6. The fraction of sp³-hybridized carbons (Fsp3) is 0.158. The minimum atomic E-state index is -0.738. The topological polar surface area (TPSA) is 130 Å². The summed E-state index contributed by atoms with van der Waals surface area (Å²) in [6.07, 6.45) is 0.379. The molecule has 9 nitrogen and oxygen atoms in total. The molecule has 0 aliphatic carbocycles. The molecule has 0 spiro atoms. The van der Waals surface area contributed by atoms with Crippen molar-refractivity contribution < 1.29 is 14.0 Å². The van der Waals surface area contributed by atoms with Crippen molar-refractivity contribution >= 4 is 56.7 Å². The van der Waals surface area contributed by atoms with Gasteiger partial charge in [-0.15, -0.1) is 16.4 Å². The Kier molecular flexibility index (Phi) is 4.44. The second-order valence-corrected chi connectivity index (χ2v) is 8.52. The van der Waals surface area contributed by atoms with Gasteiger partial charge in [-0.2, -0.15) is 0 Å². The summed E-state index contributed by atoms with van der Waals surface area (Å²) in [5.41, 5.74) is 7.52. The number of anilines is 2. The number of fused-ring (bicyclic) bond motifs is 2. The van der Waals surface area contributed by atoms with Crippen LogP contribution in [0.2, 0.25) is 4.34 Å². The highest BCUT2D eigenvalue weighted by molar-refractivity contribution is 7.22. The molecule has 1 unspecified atom stereocenters. The molecule has 0 fully saturated rings. The van der Waals surface area contributed by atoms with Gasteiger partial charge >= 0.3 is 6.01 Å². The van der Waals surface area contributed by atoms with E-state index in [0.717, 1.165) is 21.5 Å². The monoisotopic (exact) mass is 442 g/mol. The predicted octanol–water partition coefficient (Wildman–Crippen LogP) is 2.74. The Morgan fingerprint density at radius 2 is 2.20 bits per heavy atom. The van der Waals surface area contributed by atoms with Crippen LogP contribution in [0.3, 0.4) is 0 Å². The highest BCUT2D eigenvalue weighted by Gasteiger charge is 2.35. The van der Waals surface area contributed by atoms with Gasteiger partial charge < -0.3 is 25.4 Å². The summed E-state index contributed by atoms with van der Waals surface area (Å²) in [7, 11) is 0. The maximum Gasteiger partial charge on any atom is 0.312 e. The average molecular weight is 443 g/mol. The lowest BCUT2D eigenvalue weighted by atomic mass is 9.97. The number of thiophene rings is 1. The number of nitrogens with zero attached hydrogens (tertiary/aromatic N) is 3. The van der Waals surface area contributed by atoms with Crippen molar-refractivity contribution in [1.29, 1.82) is 0 Å². The maximum atomic E-state index is 13.2. The second kappa shape index (κ2) is 7.15. The molecule has 3 aromatic heterocycles. The van der Waals surface area contributed by atoms with Crippen LogP contribution < -0.4 is 16.0 Å². The Morgan fingerprint density at radius 1 is 1.37 bits per heavy atom. The summed E-state index contributed by atoms with van der Waals surface area (Å²) in [6.45, 7) is 0.0587. The van der Waals surface area contributed by atoms with Crippen molar-refractivity contribution in [2.24, 2.45) is 0 Å². The van der Waals surface area contributed by atoms with Gasteiger partial charge in [0.1, 0.15) is 23.1 Å². The Morgan fingerprint density at radius 3 is 2.97 bits per heavy atom. The van der Waals surface area contributed by atoms with Gasteiger partial charge in [0, 0.05) is 17.5 Å². The number of hydrogen-bond donors (Lipinski definition) is 3. The molecule has 0 saturated carbocycles. The lowest BCUT2D eigenvalue weighted by molar-refractivity contribution is -0.121. The fourth-order valence-electron chi connectivity index (χ4n) is 3.55. The lowest BCUT2D eigenvalue weighted by Crippen LogP contribution is -2.52. The first-order chi connectivity index (χ1) is 14.5. The first-order valence-electron chi connectivity index (χ1n) is 9.04. The minimum Gasteiger partial charge on any atom is -0.406 e. The van der Waals surface area contributed by atoms with Gasteiger partial charge in [-0.3, -0.25) is 9.59 Å². The SMILES string of the molecule is Nc1nnc(CN2C(=O)C(NC(=O)c3cc4cc(Cl)sc4[nH]3)Cc3ccccc32)o1. The first-order valence-corrected chi connectivity index (χ1v) is 10.2. The van der Waals surface area contributed by atoms with Gasteiger partial charge in [0.15, 0.2) is 0 Å². The van der Waals surface area contributed by atoms with Crippen molar-refractivity contribution in [2.45, 2.75) is 19.0 Å². The Bertz CT molecular complexity index is 1250. The normalized spacial score (nSPS) is 16.1. The fourth-order valence-corrected chi connectivity index (χ4v) is 4.68. The summed E-state index contributed by atoms with van der Waals surface area (Å²) < 4.78 is 5.87.